The third-order valence-electron chi connectivity index (χ3n) is 2.37. The van der Waals surface area contributed by atoms with Gasteiger partial charge in [0.15, 0.2) is 0 Å². The standard InChI is InChI=1S/C12H7Cl2FN2O2/c13-8-2-1-3-11(12(8)17(18)19)16-10-5-4-7(15)6-9(10)14/h1-6,16H. The molecule has 19 heavy (non-hydrogen) atoms. The summed E-state index contributed by atoms with van der Waals surface area (Å²) in [4.78, 5) is 10.4. The Morgan fingerprint density at radius 1 is 1.11 bits per heavy atom. The van der Waals surface area contributed by atoms with Crippen molar-refractivity contribution in [3.8, 4) is 0 Å². The van der Waals surface area contributed by atoms with Gasteiger partial charge in [0.1, 0.15) is 16.5 Å². The quantitative estimate of drug-likeness (QED) is 0.655. The summed E-state index contributed by atoms with van der Waals surface area (Å²) in [5.74, 6) is -0.490. The summed E-state index contributed by atoms with van der Waals surface area (Å²) in [5.41, 5.74) is 0.281. The lowest BCUT2D eigenvalue weighted by Gasteiger charge is -2.09. The molecular weight excluding hydrogens is 294 g/mol. The van der Waals surface area contributed by atoms with Crippen molar-refractivity contribution in [3.63, 3.8) is 0 Å². The number of benzene rings is 2. The maximum Gasteiger partial charge on any atom is 0.311 e. The van der Waals surface area contributed by atoms with Gasteiger partial charge < -0.3 is 5.32 Å². The number of hydrogen-bond donors (Lipinski definition) is 1. The molecule has 98 valence electrons. The molecule has 0 spiro atoms. The third-order valence-corrected chi connectivity index (χ3v) is 2.99. The van der Waals surface area contributed by atoms with Crippen LogP contribution in [0.25, 0.3) is 0 Å². The Balaban J connectivity index is 2.44. The van der Waals surface area contributed by atoms with Crippen molar-refractivity contribution in [2.24, 2.45) is 0 Å². The molecule has 0 fully saturated rings. The average Bonchev–Trinajstić information content (AvgIpc) is 2.32. The zero-order valence-corrected chi connectivity index (χ0v) is 10.9. The average molecular weight is 301 g/mol. The first-order valence-electron chi connectivity index (χ1n) is 5.14. The Morgan fingerprint density at radius 3 is 2.47 bits per heavy atom. The summed E-state index contributed by atoms with van der Waals surface area (Å²) >= 11 is 11.6. The zero-order chi connectivity index (χ0) is 14.0. The molecule has 0 bridgehead atoms. The van der Waals surface area contributed by atoms with Crippen LogP contribution < -0.4 is 5.32 Å². The van der Waals surface area contributed by atoms with Gasteiger partial charge in [-0.25, -0.2) is 4.39 Å². The number of rotatable bonds is 3. The number of anilines is 2. The second-order valence-electron chi connectivity index (χ2n) is 3.64. The van der Waals surface area contributed by atoms with E-state index < -0.39 is 10.7 Å². The van der Waals surface area contributed by atoms with E-state index in [1.807, 2.05) is 0 Å². The lowest BCUT2D eigenvalue weighted by molar-refractivity contribution is -0.383. The number of nitro groups is 1. The molecule has 0 aromatic heterocycles. The van der Waals surface area contributed by atoms with Gasteiger partial charge in [0.05, 0.1) is 15.6 Å². The topological polar surface area (TPSA) is 55.2 Å². The van der Waals surface area contributed by atoms with Crippen molar-refractivity contribution in [3.05, 3.63) is 62.4 Å². The Labute approximate surface area is 117 Å². The van der Waals surface area contributed by atoms with E-state index in [4.69, 9.17) is 23.2 Å². The van der Waals surface area contributed by atoms with Crippen LogP contribution in [0.4, 0.5) is 21.5 Å². The number of hydrogen-bond acceptors (Lipinski definition) is 3. The van der Waals surface area contributed by atoms with E-state index in [-0.39, 0.29) is 21.4 Å². The van der Waals surface area contributed by atoms with E-state index in [0.29, 0.717) is 5.69 Å². The highest BCUT2D eigenvalue weighted by Crippen LogP contribution is 2.35. The molecule has 0 aliphatic heterocycles. The van der Waals surface area contributed by atoms with E-state index in [1.165, 1.54) is 24.3 Å². The predicted octanol–water partition coefficient (Wildman–Crippen LogP) is 4.78. The van der Waals surface area contributed by atoms with Crippen LogP contribution in [0.2, 0.25) is 10.0 Å². The number of nitrogens with zero attached hydrogens (tertiary/aromatic N) is 1. The zero-order valence-electron chi connectivity index (χ0n) is 9.36. The Bertz CT molecular complexity index is 650. The summed E-state index contributed by atoms with van der Waals surface area (Å²) in [5, 5.41) is 13.9. The van der Waals surface area contributed by atoms with Gasteiger partial charge in [0, 0.05) is 0 Å². The molecule has 1 N–H and O–H groups in total. The number of para-hydroxylation sites is 1. The second kappa shape index (κ2) is 5.42. The molecule has 0 radical (unpaired) electrons. The number of nitrogens with one attached hydrogen (secondary N) is 1. The van der Waals surface area contributed by atoms with Crippen LogP contribution in [0, 0.1) is 15.9 Å². The predicted molar refractivity (Wildman–Crippen MR) is 72.8 cm³/mol. The first kappa shape index (κ1) is 13.6. The Kier molecular flexibility index (Phi) is 3.87. The summed E-state index contributed by atoms with van der Waals surface area (Å²) in [7, 11) is 0. The largest absolute Gasteiger partial charge is 0.349 e. The van der Waals surface area contributed by atoms with Crippen molar-refractivity contribution in [1.82, 2.24) is 0 Å². The summed E-state index contributed by atoms with van der Waals surface area (Å²) in [6.07, 6.45) is 0. The fourth-order valence-electron chi connectivity index (χ4n) is 1.54. The summed E-state index contributed by atoms with van der Waals surface area (Å²) in [6, 6.07) is 8.17. The van der Waals surface area contributed by atoms with Crippen molar-refractivity contribution in [2.75, 3.05) is 5.32 Å². The van der Waals surface area contributed by atoms with Crippen molar-refractivity contribution < 1.29 is 9.31 Å². The van der Waals surface area contributed by atoms with Crippen molar-refractivity contribution >= 4 is 40.3 Å². The molecule has 0 unspecified atom stereocenters. The first-order valence-corrected chi connectivity index (χ1v) is 5.89. The van der Waals surface area contributed by atoms with Crippen LogP contribution in [0.1, 0.15) is 0 Å². The van der Waals surface area contributed by atoms with E-state index in [2.05, 4.69) is 5.32 Å². The molecule has 0 heterocycles. The van der Waals surface area contributed by atoms with Gasteiger partial charge in [-0.2, -0.15) is 0 Å². The molecule has 0 saturated carbocycles. The molecule has 0 atom stereocenters. The van der Waals surface area contributed by atoms with Gasteiger partial charge in [0.25, 0.3) is 0 Å². The number of halogens is 3. The lowest BCUT2D eigenvalue weighted by Crippen LogP contribution is -1.98. The van der Waals surface area contributed by atoms with Gasteiger partial charge >= 0.3 is 5.69 Å². The molecule has 2 aromatic carbocycles. The number of nitro benzene ring substituents is 1. The van der Waals surface area contributed by atoms with Crippen molar-refractivity contribution in [1.29, 1.82) is 0 Å². The molecule has 7 heteroatoms. The van der Waals surface area contributed by atoms with Gasteiger partial charge in [0.2, 0.25) is 0 Å². The lowest BCUT2D eigenvalue weighted by atomic mass is 10.2. The monoisotopic (exact) mass is 300 g/mol. The molecule has 0 saturated heterocycles. The van der Waals surface area contributed by atoms with Gasteiger partial charge in [-0.1, -0.05) is 29.3 Å². The minimum absolute atomic E-state index is 0.00762. The third kappa shape index (κ3) is 2.94. The second-order valence-corrected chi connectivity index (χ2v) is 4.46. The Hall–Kier alpha value is -1.85. The van der Waals surface area contributed by atoms with Crippen molar-refractivity contribution in [2.45, 2.75) is 0 Å². The highest BCUT2D eigenvalue weighted by atomic mass is 35.5. The SMILES string of the molecule is O=[N+]([O-])c1c(Cl)cccc1Nc1ccc(F)cc1Cl. The maximum absolute atomic E-state index is 12.9. The molecule has 4 nitrogen and oxygen atoms in total. The molecule has 2 rings (SSSR count). The highest BCUT2D eigenvalue weighted by molar-refractivity contribution is 6.34. The van der Waals surface area contributed by atoms with E-state index >= 15 is 0 Å². The van der Waals surface area contributed by atoms with Gasteiger partial charge in [-0.15, -0.1) is 0 Å². The van der Waals surface area contributed by atoms with Crippen LogP contribution in [-0.4, -0.2) is 4.92 Å². The van der Waals surface area contributed by atoms with Gasteiger partial charge in [-0.3, -0.25) is 10.1 Å². The fraction of sp³-hybridized carbons (Fsp3) is 0. The van der Waals surface area contributed by atoms with E-state index in [0.717, 1.165) is 6.07 Å². The minimum atomic E-state index is -0.595. The molecule has 0 aliphatic rings. The molecule has 0 aliphatic carbocycles. The van der Waals surface area contributed by atoms with Gasteiger partial charge in [-0.05, 0) is 30.3 Å². The van der Waals surface area contributed by atoms with Crippen LogP contribution >= 0.6 is 23.2 Å². The fourth-order valence-corrected chi connectivity index (χ4v) is 2.00. The summed E-state index contributed by atoms with van der Waals surface area (Å²) in [6.45, 7) is 0. The van der Waals surface area contributed by atoms with Crippen LogP contribution in [0.3, 0.4) is 0 Å². The maximum atomic E-state index is 12.9. The molecule has 0 amide bonds. The van der Waals surface area contributed by atoms with E-state index in [9.17, 15) is 14.5 Å². The first-order chi connectivity index (χ1) is 8.99. The molecule has 2 aromatic rings. The van der Waals surface area contributed by atoms with Crippen LogP contribution in [-0.2, 0) is 0 Å². The van der Waals surface area contributed by atoms with E-state index in [1.54, 1.807) is 6.07 Å². The Morgan fingerprint density at radius 2 is 1.84 bits per heavy atom. The highest BCUT2D eigenvalue weighted by Gasteiger charge is 2.19. The van der Waals surface area contributed by atoms with Crippen LogP contribution in [0.5, 0.6) is 0 Å². The van der Waals surface area contributed by atoms with Crippen LogP contribution in [0.15, 0.2) is 36.4 Å². The normalized spacial score (nSPS) is 10.3. The minimum Gasteiger partial charge on any atom is -0.349 e. The molecular formula is C12H7Cl2FN2O2. The smallest absolute Gasteiger partial charge is 0.311 e. The summed E-state index contributed by atoms with van der Waals surface area (Å²) < 4.78 is 12.9.